The number of pyridine rings is 1. The van der Waals surface area contributed by atoms with Gasteiger partial charge >= 0.3 is 0 Å². The maximum Gasteiger partial charge on any atom is 0.293 e. The quantitative estimate of drug-likeness (QED) is 0.891. The molecule has 0 atom stereocenters. The zero-order valence-electron chi connectivity index (χ0n) is 12.1. The number of hydrogen-bond donors (Lipinski definition) is 2. The molecule has 1 heterocycles. The van der Waals surface area contributed by atoms with E-state index < -0.39 is 17.2 Å². The van der Waals surface area contributed by atoms with E-state index in [0.717, 1.165) is 5.56 Å². The predicted octanol–water partition coefficient (Wildman–Crippen LogP) is 1.37. The van der Waals surface area contributed by atoms with Gasteiger partial charge in [0.15, 0.2) is 5.75 Å². The van der Waals surface area contributed by atoms with E-state index in [2.05, 4.69) is 11.4 Å². The van der Waals surface area contributed by atoms with Crippen molar-refractivity contribution in [2.75, 3.05) is 6.54 Å². The molecule has 1 aromatic carbocycles. The maximum absolute atomic E-state index is 12.0. The van der Waals surface area contributed by atoms with Crippen molar-refractivity contribution in [3.8, 4) is 5.75 Å². The molecule has 0 spiro atoms. The van der Waals surface area contributed by atoms with Crippen LogP contribution in [0, 0.1) is 6.92 Å². The van der Waals surface area contributed by atoms with Gasteiger partial charge in [-0.15, -0.1) is 0 Å². The highest BCUT2D eigenvalue weighted by atomic mass is 16.3. The molecule has 0 fully saturated rings. The van der Waals surface area contributed by atoms with E-state index in [9.17, 15) is 14.7 Å². The first kappa shape index (κ1) is 14.8. The molecule has 2 aromatic rings. The Labute approximate surface area is 122 Å². The third-order valence-electron chi connectivity index (χ3n) is 3.27. The van der Waals surface area contributed by atoms with Gasteiger partial charge < -0.3 is 15.0 Å². The first-order valence-corrected chi connectivity index (χ1v) is 6.71. The second kappa shape index (κ2) is 6.26. The highest BCUT2D eigenvalue weighted by Crippen LogP contribution is 2.10. The number of nitrogens with zero attached hydrogens (tertiary/aromatic N) is 1. The van der Waals surface area contributed by atoms with Gasteiger partial charge in [-0.25, -0.2) is 0 Å². The minimum Gasteiger partial charge on any atom is -0.502 e. The van der Waals surface area contributed by atoms with Gasteiger partial charge in [0.1, 0.15) is 0 Å². The summed E-state index contributed by atoms with van der Waals surface area (Å²) in [7, 11) is 1.52. The SMILES string of the molecule is Cc1cccc(CCNC(=O)c2ccn(C)c(=O)c2O)c1. The summed E-state index contributed by atoms with van der Waals surface area (Å²) in [6, 6.07) is 9.47. The first-order valence-electron chi connectivity index (χ1n) is 6.71. The average molecular weight is 286 g/mol. The molecule has 0 saturated heterocycles. The zero-order valence-corrected chi connectivity index (χ0v) is 12.1. The molecule has 110 valence electrons. The van der Waals surface area contributed by atoms with Gasteiger partial charge in [0.2, 0.25) is 0 Å². The predicted molar refractivity (Wildman–Crippen MR) is 80.6 cm³/mol. The fourth-order valence-corrected chi connectivity index (χ4v) is 2.08. The molecule has 2 N–H and O–H groups in total. The molecule has 0 saturated carbocycles. The van der Waals surface area contributed by atoms with E-state index in [1.807, 2.05) is 25.1 Å². The lowest BCUT2D eigenvalue weighted by molar-refractivity contribution is 0.0951. The summed E-state index contributed by atoms with van der Waals surface area (Å²) < 4.78 is 1.22. The van der Waals surface area contributed by atoms with Crippen LogP contribution >= 0.6 is 0 Å². The fraction of sp³-hybridized carbons (Fsp3) is 0.250. The van der Waals surface area contributed by atoms with Gasteiger partial charge in [-0.1, -0.05) is 29.8 Å². The van der Waals surface area contributed by atoms with Crippen molar-refractivity contribution < 1.29 is 9.90 Å². The number of nitrogens with one attached hydrogen (secondary N) is 1. The zero-order chi connectivity index (χ0) is 15.4. The Morgan fingerprint density at radius 3 is 2.81 bits per heavy atom. The largest absolute Gasteiger partial charge is 0.502 e. The molecule has 21 heavy (non-hydrogen) atoms. The molecule has 5 nitrogen and oxygen atoms in total. The lowest BCUT2D eigenvalue weighted by atomic mass is 10.1. The summed E-state index contributed by atoms with van der Waals surface area (Å²) >= 11 is 0. The van der Waals surface area contributed by atoms with Crippen LogP contribution in [-0.4, -0.2) is 22.1 Å². The molecule has 1 amide bonds. The molecular weight excluding hydrogens is 268 g/mol. The number of aromatic nitrogens is 1. The molecule has 2 rings (SSSR count). The normalized spacial score (nSPS) is 10.4. The van der Waals surface area contributed by atoms with Crippen LogP contribution in [0.4, 0.5) is 0 Å². The Morgan fingerprint density at radius 1 is 1.33 bits per heavy atom. The molecular formula is C16H18N2O3. The van der Waals surface area contributed by atoms with Crippen molar-refractivity contribution in [2.45, 2.75) is 13.3 Å². The van der Waals surface area contributed by atoms with Crippen LogP contribution in [0.1, 0.15) is 21.5 Å². The minimum absolute atomic E-state index is 0.00217. The molecule has 0 aliphatic heterocycles. The molecule has 0 aliphatic carbocycles. The van der Waals surface area contributed by atoms with Gasteiger partial charge in [-0.3, -0.25) is 9.59 Å². The number of amides is 1. The average Bonchev–Trinajstić information content (AvgIpc) is 2.45. The fourth-order valence-electron chi connectivity index (χ4n) is 2.08. The van der Waals surface area contributed by atoms with E-state index >= 15 is 0 Å². The molecule has 5 heteroatoms. The second-order valence-corrected chi connectivity index (χ2v) is 4.99. The Hall–Kier alpha value is -2.56. The van der Waals surface area contributed by atoms with Crippen molar-refractivity contribution in [3.05, 3.63) is 63.6 Å². The third-order valence-corrected chi connectivity index (χ3v) is 3.27. The summed E-state index contributed by atoms with van der Waals surface area (Å²) in [5.74, 6) is -0.967. The van der Waals surface area contributed by atoms with Crippen LogP contribution in [0.15, 0.2) is 41.3 Å². The summed E-state index contributed by atoms with van der Waals surface area (Å²) in [6.45, 7) is 2.46. The van der Waals surface area contributed by atoms with Crippen molar-refractivity contribution in [1.29, 1.82) is 0 Å². The molecule has 0 bridgehead atoms. The van der Waals surface area contributed by atoms with E-state index in [1.165, 1.54) is 29.4 Å². The molecule has 0 aliphatic rings. The number of hydrogen-bond acceptors (Lipinski definition) is 3. The Morgan fingerprint density at radius 2 is 2.10 bits per heavy atom. The Kier molecular flexibility index (Phi) is 4.42. The number of aryl methyl sites for hydroxylation is 2. The van der Waals surface area contributed by atoms with Crippen LogP contribution in [-0.2, 0) is 13.5 Å². The summed E-state index contributed by atoms with van der Waals surface area (Å²) in [5.41, 5.74) is 1.72. The van der Waals surface area contributed by atoms with Crippen molar-refractivity contribution in [2.24, 2.45) is 7.05 Å². The van der Waals surface area contributed by atoms with E-state index in [4.69, 9.17) is 0 Å². The van der Waals surface area contributed by atoms with Crippen LogP contribution in [0.5, 0.6) is 5.75 Å². The molecule has 0 unspecified atom stereocenters. The van der Waals surface area contributed by atoms with Gasteiger partial charge in [0, 0.05) is 19.8 Å². The number of carbonyl (C=O) groups excluding carboxylic acids is 1. The number of aromatic hydroxyl groups is 1. The Bertz CT molecular complexity index is 720. The van der Waals surface area contributed by atoms with Crippen molar-refractivity contribution in [3.63, 3.8) is 0 Å². The highest BCUT2D eigenvalue weighted by Gasteiger charge is 2.14. The van der Waals surface area contributed by atoms with Crippen LogP contribution in [0.3, 0.4) is 0 Å². The van der Waals surface area contributed by atoms with Crippen molar-refractivity contribution >= 4 is 5.91 Å². The first-order chi connectivity index (χ1) is 9.99. The van der Waals surface area contributed by atoms with Gasteiger partial charge in [0.05, 0.1) is 5.56 Å². The number of carbonyl (C=O) groups is 1. The van der Waals surface area contributed by atoms with Gasteiger partial charge in [-0.2, -0.15) is 0 Å². The monoisotopic (exact) mass is 286 g/mol. The van der Waals surface area contributed by atoms with Gasteiger partial charge in [-0.05, 0) is 25.0 Å². The topological polar surface area (TPSA) is 71.3 Å². The van der Waals surface area contributed by atoms with E-state index in [-0.39, 0.29) is 5.56 Å². The van der Waals surface area contributed by atoms with E-state index in [0.29, 0.717) is 13.0 Å². The van der Waals surface area contributed by atoms with Crippen LogP contribution in [0.25, 0.3) is 0 Å². The van der Waals surface area contributed by atoms with Gasteiger partial charge in [0.25, 0.3) is 11.5 Å². The standard InChI is InChI=1S/C16H18N2O3/c1-11-4-3-5-12(10-11)6-8-17-15(20)13-7-9-18(2)16(21)14(13)19/h3-5,7,9-10,19H,6,8H2,1-2H3,(H,17,20). The number of benzene rings is 1. The summed E-state index contributed by atoms with van der Waals surface area (Å²) in [4.78, 5) is 23.5. The third kappa shape index (κ3) is 3.51. The minimum atomic E-state index is -0.582. The Balaban J connectivity index is 2.00. The van der Waals surface area contributed by atoms with E-state index in [1.54, 1.807) is 0 Å². The maximum atomic E-state index is 12.0. The highest BCUT2D eigenvalue weighted by molar-refractivity contribution is 5.96. The van der Waals surface area contributed by atoms with Crippen molar-refractivity contribution in [1.82, 2.24) is 9.88 Å². The smallest absolute Gasteiger partial charge is 0.293 e. The summed E-state index contributed by atoms with van der Waals surface area (Å²) in [5, 5.41) is 12.4. The molecule has 1 aromatic heterocycles. The molecule has 0 radical (unpaired) electrons. The van der Waals surface area contributed by atoms with Crippen LogP contribution in [0.2, 0.25) is 0 Å². The lowest BCUT2D eigenvalue weighted by Gasteiger charge is -2.08. The number of rotatable bonds is 4. The summed E-state index contributed by atoms with van der Waals surface area (Å²) in [6.07, 6.45) is 2.15. The van der Waals surface area contributed by atoms with Crippen LogP contribution < -0.4 is 10.9 Å². The second-order valence-electron chi connectivity index (χ2n) is 4.99. The lowest BCUT2D eigenvalue weighted by Crippen LogP contribution is -2.28.